The molecule has 5 heteroatoms. The summed E-state index contributed by atoms with van der Waals surface area (Å²) in [4.78, 5) is 23.2. The number of nitrogens with zero attached hydrogens (tertiary/aromatic N) is 1. The second-order valence-electron chi connectivity index (χ2n) is 4.23. The number of amides is 2. The van der Waals surface area contributed by atoms with Crippen LogP contribution in [0.5, 0.6) is 0 Å². The molecule has 2 amide bonds. The number of ether oxygens (including phenoxy) is 1. The van der Waals surface area contributed by atoms with Crippen LogP contribution in [0.15, 0.2) is 0 Å². The van der Waals surface area contributed by atoms with Crippen molar-refractivity contribution in [3.8, 4) is 0 Å². The number of likely N-dealkylation sites (tertiary alicyclic amines) is 1. The van der Waals surface area contributed by atoms with Crippen LogP contribution in [0.3, 0.4) is 0 Å². The van der Waals surface area contributed by atoms with Crippen molar-refractivity contribution in [1.29, 1.82) is 0 Å². The molecule has 80 valence electrons. The molecule has 1 atom stereocenters. The van der Waals surface area contributed by atoms with Gasteiger partial charge in [-0.2, -0.15) is 0 Å². The SMILES string of the molecule is CC(C)(C)OC(=O)N1CCC(F)C1=O. The highest BCUT2D eigenvalue weighted by atomic mass is 19.1. The van der Waals surface area contributed by atoms with Gasteiger partial charge in [-0.15, -0.1) is 0 Å². The van der Waals surface area contributed by atoms with Crippen LogP contribution in [0, 0.1) is 0 Å². The van der Waals surface area contributed by atoms with Crippen molar-refractivity contribution in [3.63, 3.8) is 0 Å². The number of hydrogen-bond acceptors (Lipinski definition) is 3. The van der Waals surface area contributed by atoms with Crippen LogP contribution in [-0.4, -0.2) is 35.2 Å². The lowest BCUT2D eigenvalue weighted by Crippen LogP contribution is -2.38. The van der Waals surface area contributed by atoms with Gasteiger partial charge in [-0.1, -0.05) is 0 Å². The number of halogens is 1. The van der Waals surface area contributed by atoms with E-state index < -0.39 is 23.8 Å². The second kappa shape index (κ2) is 3.55. The zero-order chi connectivity index (χ0) is 10.9. The Morgan fingerprint density at radius 3 is 2.50 bits per heavy atom. The first-order valence-electron chi connectivity index (χ1n) is 4.50. The molecule has 14 heavy (non-hydrogen) atoms. The molecule has 0 aromatic rings. The van der Waals surface area contributed by atoms with Gasteiger partial charge in [-0.25, -0.2) is 14.1 Å². The fourth-order valence-corrected chi connectivity index (χ4v) is 1.14. The topological polar surface area (TPSA) is 46.6 Å². The zero-order valence-electron chi connectivity index (χ0n) is 8.54. The molecule has 1 fully saturated rings. The van der Waals surface area contributed by atoms with Gasteiger partial charge in [0.05, 0.1) is 0 Å². The molecule has 4 nitrogen and oxygen atoms in total. The third-order valence-corrected chi connectivity index (χ3v) is 1.75. The van der Waals surface area contributed by atoms with Crippen molar-refractivity contribution in [2.24, 2.45) is 0 Å². The number of rotatable bonds is 0. The lowest BCUT2D eigenvalue weighted by molar-refractivity contribution is -0.130. The minimum absolute atomic E-state index is 0.0675. The molecule has 0 bridgehead atoms. The van der Waals surface area contributed by atoms with Gasteiger partial charge in [0.1, 0.15) is 5.60 Å². The van der Waals surface area contributed by atoms with Crippen molar-refractivity contribution in [2.75, 3.05) is 6.54 Å². The summed E-state index contributed by atoms with van der Waals surface area (Å²) in [5, 5.41) is 0. The van der Waals surface area contributed by atoms with Crippen LogP contribution in [0.1, 0.15) is 27.2 Å². The smallest absolute Gasteiger partial charge is 0.417 e. The molecular formula is C9H14FNO3. The molecule has 1 unspecified atom stereocenters. The van der Waals surface area contributed by atoms with Gasteiger partial charge in [0.25, 0.3) is 5.91 Å². The van der Waals surface area contributed by atoms with Crippen LogP contribution in [-0.2, 0) is 9.53 Å². The van der Waals surface area contributed by atoms with Crippen molar-refractivity contribution in [2.45, 2.75) is 39.0 Å². The Morgan fingerprint density at radius 1 is 1.57 bits per heavy atom. The van der Waals surface area contributed by atoms with Crippen LogP contribution in [0.25, 0.3) is 0 Å². The molecule has 0 aromatic heterocycles. The molecule has 0 N–H and O–H groups in total. The summed E-state index contributed by atoms with van der Waals surface area (Å²) in [5.74, 6) is -0.792. The number of imide groups is 1. The van der Waals surface area contributed by atoms with Gasteiger partial charge in [-0.05, 0) is 20.8 Å². The molecule has 1 rings (SSSR count). The zero-order valence-corrected chi connectivity index (χ0v) is 8.54. The molecule has 1 aliphatic rings. The number of carbonyl (C=O) groups is 2. The summed E-state index contributed by atoms with van der Waals surface area (Å²) in [7, 11) is 0. The predicted octanol–water partition coefficient (Wildman–Crippen LogP) is 1.49. The average Bonchev–Trinajstić information content (AvgIpc) is 2.29. The third-order valence-electron chi connectivity index (χ3n) is 1.75. The fourth-order valence-electron chi connectivity index (χ4n) is 1.14. The van der Waals surface area contributed by atoms with Gasteiger partial charge < -0.3 is 4.74 Å². The van der Waals surface area contributed by atoms with Crippen LogP contribution in [0.2, 0.25) is 0 Å². The minimum Gasteiger partial charge on any atom is -0.443 e. The van der Waals surface area contributed by atoms with Gasteiger partial charge >= 0.3 is 6.09 Å². The largest absolute Gasteiger partial charge is 0.443 e. The van der Waals surface area contributed by atoms with Gasteiger partial charge in [0.15, 0.2) is 6.17 Å². The lowest BCUT2D eigenvalue weighted by Gasteiger charge is -2.23. The average molecular weight is 203 g/mol. The van der Waals surface area contributed by atoms with E-state index >= 15 is 0 Å². The molecule has 0 spiro atoms. The van der Waals surface area contributed by atoms with E-state index in [1.165, 1.54) is 0 Å². The Kier molecular flexibility index (Phi) is 2.78. The number of carbonyl (C=O) groups excluding carboxylic acids is 2. The molecule has 1 heterocycles. The summed E-state index contributed by atoms with van der Waals surface area (Å²) >= 11 is 0. The number of hydrogen-bond donors (Lipinski definition) is 0. The summed E-state index contributed by atoms with van der Waals surface area (Å²) in [5.41, 5.74) is -0.661. The van der Waals surface area contributed by atoms with Gasteiger partial charge in [0, 0.05) is 13.0 Å². The highest BCUT2D eigenvalue weighted by molar-refractivity contribution is 5.96. The normalized spacial score (nSPS) is 22.7. The Labute approximate surface area is 82.0 Å². The van der Waals surface area contributed by atoms with Crippen molar-refractivity contribution >= 4 is 12.0 Å². The van der Waals surface area contributed by atoms with Crippen molar-refractivity contribution in [1.82, 2.24) is 4.90 Å². The van der Waals surface area contributed by atoms with Crippen LogP contribution < -0.4 is 0 Å². The summed E-state index contributed by atoms with van der Waals surface area (Å²) < 4.78 is 17.7. The molecular weight excluding hydrogens is 189 g/mol. The summed E-state index contributed by atoms with van der Waals surface area (Å²) in [6.07, 6.45) is -2.25. The first kappa shape index (κ1) is 10.9. The summed E-state index contributed by atoms with van der Waals surface area (Å²) in [6, 6.07) is 0. The summed E-state index contributed by atoms with van der Waals surface area (Å²) in [6.45, 7) is 5.18. The first-order valence-corrected chi connectivity index (χ1v) is 4.50. The van der Waals surface area contributed by atoms with Crippen molar-refractivity contribution < 1.29 is 18.7 Å². The molecule has 0 aliphatic carbocycles. The standard InChI is InChI=1S/C9H14FNO3/c1-9(2,3)14-8(13)11-5-4-6(10)7(11)12/h6H,4-5H2,1-3H3. The predicted molar refractivity (Wildman–Crippen MR) is 47.5 cm³/mol. The maximum atomic E-state index is 12.8. The van der Waals surface area contributed by atoms with E-state index in [2.05, 4.69) is 0 Å². The molecule has 0 aromatic carbocycles. The molecule has 0 radical (unpaired) electrons. The monoisotopic (exact) mass is 203 g/mol. The van der Waals surface area contributed by atoms with E-state index in [9.17, 15) is 14.0 Å². The molecule has 0 saturated carbocycles. The Balaban J connectivity index is 2.59. The van der Waals surface area contributed by atoms with E-state index in [1.54, 1.807) is 20.8 Å². The first-order chi connectivity index (χ1) is 6.31. The number of alkyl halides is 1. The maximum Gasteiger partial charge on any atom is 0.417 e. The van der Waals surface area contributed by atoms with E-state index in [0.29, 0.717) is 0 Å². The highest BCUT2D eigenvalue weighted by Gasteiger charge is 2.37. The van der Waals surface area contributed by atoms with Crippen LogP contribution >= 0.6 is 0 Å². The fraction of sp³-hybridized carbons (Fsp3) is 0.778. The Hall–Kier alpha value is -1.13. The minimum atomic E-state index is -1.55. The van der Waals surface area contributed by atoms with E-state index in [4.69, 9.17) is 4.74 Å². The van der Waals surface area contributed by atoms with Crippen molar-refractivity contribution in [3.05, 3.63) is 0 Å². The van der Waals surface area contributed by atoms with Gasteiger partial charge in [0.2, 0.25) is 0 Å². The quantitative estimate of drug-likeness (QED) is 0.599. The van der Waals surface area contributed by atoms with Crippen LogP contribution in [0.4, 0.5) is 9.18 Å². The lowest BCUT2D eigenvalue weighted by atomic mass is 10.2. The van der Waals surface area contributed by atoms with E-state index in [1.807, 2.05) is 0 Å². The third kappa shape index (κ3) is 2.43. The van der Waals surface area contributed by atoms with Gasteiger partial charge in [-0.3, -0.25) is 4.79 Å². The molecule has 1 saturated heterocycles. The Bertz CT molecular complexity index is 259. The molecule has 1 aliphatic heterocycles. The highest BCUT2D eigenvalue weighted by Crippen LogP contribution is 2.18. The van der Waals surface area contributed by atoms with E-state index in [0.717, 1.165) is 4.90 Å². The maximum absolute atomic E-state index is 12.8. The Morgan fingerprint density at radius 2 is 2.14 bits per heavy atom. The second-order valence-corrected chi connectivity index (χ2v) is 4.23. The van der Waals surface area contributed by atoms with E-state index in [-0.39, 0.29) is 13.0 Å².